The molecule has 2 aromatic rings. The van der Waals surface area contributed by atoms with Crippen LogP contribution in [0.1, 0.15) is 30.5 Å². The van der Waals surface area contributed by atoms with Crippen LogP contribution in [0.25, 0.3) is 0 Å². The highest BCUT2D eigenvalue weighted by atomic mass is 16.5. The summed E-state index contributed by atoms with van der Waals surface area (Å²) in [6.07, 6.45) is 0.506. The Kier molecular flexibility index (Phi) is 5.32. The summed E-state index contributed by atoms with van der Waals surface area (Å²) < 4.78 is 5.58. The summed E-state index contributed by atoms with van der Waals surface area (Å²) in [5.41, 5.74) is 1.01. The van der Waals surface area contributed by atoms with Gasteiger partial charge in [0, 0.05) is 18.0 Å². The zero-order valence-corrected chi connectivity index (χ0v) is 13.9. The Hall–Kier alpha value is -2.12. The molecule has 3 rings (SSSR count). The zero-order chi connectivity index (χ0) is 16.8. The van der Waals surface area contributed by atoms with E-state index in [1.54, 1.807) is 0 Å². The lowest BCUT2D eigenvalue weighted by atomic mass is 9.88. The van der Waals surface area contributed by atoms with Crippen molar-refractivity contribution in [2.75, 3.05) is 13.2 Å². The molecule has 0 spiro atoms. The lowest BCUT2D eigenvalue weighted by Crippen LogP contribution is -2.56. The lowest BCUT2D eigenvalue weighted by Gasteiger charge is -2.38. The van der Waals surface area contributed by atoms with Gasteiger partial charge in [-0.1, -0.05) is 60.4 Å². The molecule has 0 radical (unpaired) electrons. The molecule has 0 unspecified atom stereocenters. The summed E-state index contributed by atoms with van der Waals surface area (Å²) in [4.78, 5) is 0. The largest absolute Gasteiger partial charge is 0.380 e. The molecule has 0 amide bonds. The first-order chi connectivity index (χ1) is 11.7. The average Bonchev–Trinajstić information content (AvgIpc) is 2.64. The average molecular weight is 321 g/mol. The van der Waals surface area contributed by atoms with Gasteiger partial charge in [-0.15, -0.1) is 0 Å². The second kappa shape index (κ2) is 7.63. The number of benzene rings is 2. The highest BCUT2D eigenvalue weighted by molar-refractivity contribution is 5.37. The lowest BCUT2D eigenvalue weighted by molar-refractivity contribution is -0.0581. The van der Waals surface area contributed by atoms with Crippen molar-refractivity contribution in [1.82, 2.24) is 5.32 Å². The summed E-state index contributed by atoms with van der Waals surface area (Å²) in [6, 6.07) is 19.8. The van der Waals surface area contributed by atoms with Crippen molar-refractivity contribution in [1.29, 1.82) is 0 Å². The number of rotatable bonds is 3. The number of hydrogen-bond donors (Lipinski definition) is 2. The quantitative estimate of drug-likeness (QED) is 0.854. The highest BCUT2D eigenvalue weighted by Crippen LogP contribution is 2.24. The van der Waals surface area contributed by atoms with Gasteiger partial charge in [0.1, 0.15) is 5.60 Å². The maximum absolute atomic E-state index is 11.1. The van der Waals surface area contributed by atoms with Crippen LogP contribution in [0.3, 0.4) is 0 Å². The van der Waals surface area contributed by atoms with Crippen LogP contribution in [-0.2, 0) is 4.74 Å². The van der Waals surface area contributed by atoms with E-state index < -0.39 is 5.60 Å². The summed E-state index contributed by atoms with van der Waals surface area (Å²) in [7, 11) is 0. The fourth-order valence-electron chi connectivity index (χ4n) is 2.92. The SMILES string of the molecule is C[C@@H](N[C@@H]1COCC[C@]1(O)C#Cc1ccccc1)c1ccccc1. The molecule has 0 saturated carbocycles. The van der Waals surface area contributed by atoms with E-state index in [0.29, 0.717) is 19.6 Å². The minimum Gasteiger partial charge on any atom is -0.380 e. The predicted molar refractivity (Wildman–Crippen MR) is 95.5 cm³/mol. The van der Waals surface area contributed by atoms with Crippen LogP contribution in [0.4, 0.5) is 0 Å². The minimum atomic E-state index is -1.09. The maximum atomic E-state index is 11.1. The van der Waals surface area contributed by atoms with Gasteiger partial charge >= 0.3 is 0 Å². The van der Waals surface area contributed by atoms with Crippen molar-refractivity contribution in [3.8, 4) is 11.8 Å². The van der Waals surface area contributed by atoms with Crippen LogP contribution in [0.5, 0.6) is 0 Å². The number of nitrogens with one attached hydrogen (secondary N) is 1. The molecule has 0 aliphatic carbocycles. The molecule has 2 N–H and O–H groups in total. The van der Waals surface area contributed by atoms with Crippen molar-refractivity contribution < 1.29 is 9.84 Å². The number of hydrogen-bond acceptors (Lipinski definition) is 3. The molecule has 1 aliphatic rings. The molecule has 0 aromatic heterocycles. The van der Waals surface area contributed by atoms with E-state index in [4.69, 9.17) is 4.74 Å². The molecule has 0 bridgehead atoms. The van der Waals surface area contributed by atoms with Crippen LogP contribution >= 0.6 is 0 Å². The second-order valence-corrected chi connectivity index (χ2v) is 6.22. The molecular formula is C21H23NO2. The molecule has 3 nitrogen and oxygen atoms in total. The van der Waals surface area contributed by atoms with Gasteiger partial charge in [0.2, 0.25) is 0 Å². The van der Waals surface area contributed by atoms with Crippen molar-refractivity contribution in [2.24, 2.45) is 0 Å². The number of aliphatic hydroxyl groups is 1. The first-order valence-corrected chi connectivity index (χ1v) is 8.37. The molecule has 3 atom stereocenters. The van der Waals surface area contributed by atoms with Gasteiger partial charge in [0.15, 0.2) is 0 Å². The van der Waals surface area contributed by atoms with Gasteiger partial charge in [-0.3, -0.25) is 0 Å². The van der Waals surface area contributed by atoms with Gasteiger partial charge in [-0.25, -0.2) is 0 Å². The van der Waals surface area contributed by atoms with E-state index >= 15 is 0 Å². The molecule has 24 heavy (non-hydrogen) atoms. The second-order valence-electron chi connectivity index (χ2n) is 6.22. The summed E-state index contributed by atoms with van der Waals surface area (Å²) in [5.74, 6) is 6.19. The van der Waals surface area contributed by atoms with Crippen LogP contribution in [0.2, 0.25) is 0 Å². The van der Waals surface area contributed by atoms with Gasteiger partial charge in [0.25, 0.3) is 0 Å². The molecule has 1 saturated heterocycles. The van der Waals surface area contributed by atoms with Crippen LogP contribution in [0, 0.1) is 11.8 Å². The Bertz CT molecular complexity index is 705. The van der Waals surface area contributed by atoms with E-state index in [2.05, 4.69) is 36.2 Å². The monoisotopic (exact) mass is 321 g/mol. The Morgan fingerprint density at radius 1 is 1.12 bits per heavy atom. The molecular weight excluding hydrogens is 298 g/mol. The highest BCUT2D eigenvalue weighted by Gasteiger charge is 2.39. The Morgan fingerprint density at radius 3 is 2.50 bits per heavy atom. The van der Waals surface area contributed by atoms with Crippen molar-refractivity contribution in [3.05, 3.63) is 71.8 Å². The molecule has 1 heterocycles. The zero-order valence-electron chi connectivity index (χ0n) is 13.9. The maximum Gasteiger partial charge on any atom is 0.145 e. The van der Waals surface area contributed by atoms with E-state index in [9.17, 15) is 5.11 Å². The smallest absolute Gasteiger partial charge is 0.145 e. The van der Waals surface area contributed by atoms with Crippen LogP contribution < -0.4 is 5.32 Å². The molecule has 2 aromatic carbocycles. The fourth-order valence-corrected chi connectivity index (χ4v) is 2.92. The standard InChI is InChI=1S/C21H23NO2/c1-17(19-10-6-3-7-11-19)22-20-16-24-15-14-21(20,23)13-12-18-8-4-2-5-9-18/h2-11,17,20,22-23H,14-16H2,1H3/t17-,20-,21-/m1/s1. The van der Waals surface area contributed by atoms with E-state index in [0.717, 1.165) is 5.56 Å². The third kappa shape index (κ3) is 4.04. The molecule has 124 valence electrons. The first kappa shape index (κ1) is 16.7. The predicted octanol–water partition coefficient (Wildman–Crippen LogP) is 2.91. The fraction of sp³-hybridized carbons (Fsp3) is 0.333. The third-order valence-corrected chi connectivity index (χ3v) is 4.44. The summed E-state index contributed by atoms with van der Waals surface area (Å²) >= 11 is 0. The summed E-state index contributed by atoms with van der Waals surface area (Å²) in [5, 5.41) is 14.6. The van der Waals surface area contributed by atoms with Crippen LogP contribution in [0.15, 0.2) is 60.7 Å². The van der Waals surface area contributed by atoms with Gasteiger partial charge in [-0.2, -0.15) is 0 Å². The molecule has 3 heteroatoms. The third-order valence-electron chi connectivity index (χ3n) is 4.44. The van der Waals surface area contributed by atoms with Crippen molar-refractivity contribution in [2.45, 2.75) is 31.0 Å². The molecule has 1 fully saturated rings. The van der Waals surface area contributed by atoms with E-state index in [1.165, 1.54) is 5.56 Å². The number of ether oxygens (including phenoxy) is 1. The first-order valence-electron chi connectivity index (χ1n) is 8.37. The van der Waals surface area contributed by atoms with Gasteiger partial charge in [0.05, 0.1) is 19.3 Å². The molecule has 1 aliphatic heterocycles. The Balaban J connectivity index is 1.76. The summed E-state index contributed by atoms with van der Waals surface area (Å²) in [6.45, 7) is 3.07. The van der Waals surface area contributed by atoms with Crippen LogP contribution in [-0.4, -0.2) is 30.0 Å². The Labute approximate surface area is 143 Å². The Morgan fingerprint density at radius 2 is 1.79 bits per heavy atom. The topological polar surface area (TPSA) is 41.5 Å². The van der Waals surface area contributed by atoms with Gasteiger partial charge in [-0.05, 0) is 24.6 Å². The van der Waals surface area contributed by atoms with E-state index in [1.807, 2.05) is 48.5 Å². The van der Waals surface area contributed by atoms with Crippen molar-refractivity contribution >= 4 is 0 Å². The normalized spacial score (nSPS) is 24.7. The minimum absolute atomic E-state index is 0.114. The van der Waals surface area contributed by atoms with Gasteiger partial charge < -0.3 is 15.2 Å². The van der Waals surface area contributed by atoms with Crippen molar-refractivity contribution in [3.63, 3.8) is 0 Å². The van der Waals surface area contributed by atoms with E-state index in [-0.39, 0.29) is 12.1 Å².